The van der Waals surface area contributed by atoms with Crippen LogP contribution < -0.4 is 9.47 Å². The van der Waals surface area contributed by atoms with Crippen molar-refractivity contribution < 1.29 is 23.8 Å². The first-order chi connectivity index (χ1) is 12.5. The molecule has 0 unspecified atom stereocenters. The van der Waals surface area contributed by atoms with Crippen LogP contribution in [-0.4, -0.2) is 25.2 Å². The van der Waals surface area contributed by atoms with E-state index < -0.39 is 5.97 Å². The van der Waals surface area contributed by atoms with Crippen molar-refractivity contribution in [2.45, 2.75) is 27.2 Å². The molecule has 0 radical (unpaired) electrons. The predicted octanol–water partition coefficient (Wildman–Crippen LogP) is 4.51. The quantitative estimate of drug-likeness (QED) is 0.514. The Morgan fingerprint density at radius 1 is 0.846 bits per heavy atom. The van der Waals surface area contributed by atoms with Gasteiger partial charge in [0.1, 0.15) is 11.5 Å². The van der Waals surface area contributed by atoms with Crippen molar-refractivity contribution in [3.05, 3.63) is 59.7 Å². The number of rotatable bonds is 8. The van der Waals surface area contributed by atoms with Crippen LogP contribution in [0.1, 0.15) is 47.9 Å². The SMILES string of the molecule is CCCOc1ccc(C(=O)Oc2ccc(C(=O)OCC(C)C)cc2)cc1. The molecule has 0 aromatic heterocycles. The molecule has 2 aromatic carbocycles. The Morgan fingerprint density at radius 2 is 1.38 bits per heavy atom. The maximum absolute atomic E-state index is 12.2. The fourth-order valence-electron chi connectivity index (χ4n) is 2.06. The summed E-state index contributed by atoms with van der Waals surface area (Å²) in [6.45, 7) is 6.97. The zero-order valence-electron chi connectivity index (χ0n) is 15.4. The highest BCUT2D eigenvalue weighted by Gasteiger charge is 2.11. The molecule has 0 aliphatic heterocycles. The fraction of sp³-hybridized carbons (Fsp3) is 0.333. The van der Waals surface area contributed by atoms with Gasteiger partial charge in [-0.2, -0.15) is 0 Å². The molecule has 0 saturated carbocycles. The van der Waals surface area contributed by atoms with E-state index in [1.807, 2.05) is 20.8 Å². The molecule has 0 bridgehead atoms. The van der Waals surface area contributed by atoms with Gasteiger partial charge < -0.3 is 14.2 Å². The molecule has 5 nitrogen and oxygen atoms in total. The first kappa shape index (κ1) is 19.5. The monoisotopic (exact) mass is 356 g/mol. The van der Waals surface area contributed by atoms with Crippen LogP contribution in [0.15, 0.2) is 48.5 Å². The Kier molecular flexibility index (Phi) is 7.21. The van der Waals surface area contributed by atoms with Crippen LogP contribution in [0.3, 0.4) is 0 Å². The molecule has 2 rings (SSSR count). The van der Waals surface area contributed by atoms with E-state index in [4.69, 9.17) is 14.2 Å². The standard InChI is InChI=1S/C21H24O5/c1-4-13-24-18-9-5-17(6-10-18)21(23)26-19-11-7-16(8-12-19)20(22)25-14-15(2)3/h5-12,15H,4,13-14H2,1-3H3. The van der Waals surface area contributed by atoms with Crippen molar-refractivity contribution in [1.82, 2.24) is 0 Å². The third-order valence-electron chi connectivity index (χ3n) is 3.41. The van der Waals surface area contributed by atoms with Gasteiger partial charge in [0.05, 0.1) is 24.3 Å². The van der Waals surface area contributed by atoms with Gasteiger partial charge in [-0.1, -0.05) is 20.8 Å². The minimum absolute atomic E-state index is 0.276. The normalized spacial score (nSPS) is 10.5. The molecule has 0 atom stereocenters. The second-order valence-corrected chi connectivity index (χ2v) is 6.28. The summed E-state index contributed by atoms with van der Waals surface area (Å²) < 4.78 is 16.0. The lowest BCUT2D eigenvalue weighted by Crippen LogP contribution is -2.11. The number of hydrogen-bond donors (Lipinski definition) is 0. The van der Waals surface area contributed by atoms with Crippen molar-refractivity contribution in [2.75, 3.05) is 13.2 Å². The molecule has 0 N–H and O–H groups in total. The van der Waals surface area contributed by atoms with E-state index in [1.165, 1.54) is 0 Å². The number of benzene rings is 2. The van der Waals surface area contributed by atoms with Crippen LogP contribution in [0.2, 0.25) is 0 Å². The van der Waals surface area contributed by atoms with Crippen molar-refractivity contribution in [1.29, 1.82) is 0 Å². The largest absolute Gasteiger partial charge is 0.494 e. The van der Waals surface area contributed by atoms with E-state index in [9.17, 15) is 9.59 Å². The summed E-state index contributed by atoms with van der Waals surface area (Å²) in [4.78, 5) is 24.1. The van der Waals surface area contributed by atoms with Crippen molar-refractivity contribution in [3.63, 3.8) is 0 Å². The summed E-state index contributed by atoms with van der Waals surface area (Å²) in [5.74, 6) is 0.494. The molecule has 5 heteroatoms. The number of hydrogen-bond acceptors (Lipinski definition) is 5. The van der Waals surface area contributed by atoms with Gasteiger partial charge in [-0.15, -0.1) is 0 Å². The summed E-state index contributed by atoms with van der Waals surface area (Å²) in [6, 6.07) is 13.1. The van der Waals surface area contributed by atoms with E-state index in [-0.39, 0.29) is 11.9 Å². The third-order valence-corrected chi connectivity index (χ3v) is 3.41. The zero-order chi connectivity index (χ0) is 18.9. The maximum atomic E-state index is 12.2. The van der Waals surface area contributed by atoms with Crippen LogP contribution in [0.25, 0.3) is 0 Å². The van der Waals surface area contributed by atoms with Gasteiger partial charge in [0, 0.05) is 0 Å². The maximum Gasteiger partial charge on any atom is 0.343 e. The van der Waals surface area contributed by atoms with E-state index in [1.54, 1.807) is 48.5 Å². The van der Waals surface area contributed by atoms with Crippen LogP contribution in [-0.2, 0) is 4.74 Å². The number of esters is 2. The average molecular weight is 356 g/mol. The van der Waals surface area contributed by atoms with Crippen LogP contribution in [0.5, 0.6) is 11.5 Å². The topological polar surface area (TPSA) is 61.8 Å². The van der Waals surface area contributed by atoms with Gasteiger partial charge in [-0.3, -0.25) is 0 Å². The van der Waals surface area contributed by atoms with Crippen molar-refractivity contribution in [2.24, 2.45) is 5.92 Å². The summed E-state index contributed by atoms with van der Waals surface area (Å²) in [6.07, 6.45) is 0.921. The number of carbonyl (C=O) groups excluding carboxylic acids is 2. The van der Waals surface area contributed by atoms with Gasteiger partial charge in [0.2, 0.25) is 0 Å². The molecule has 0 aliphatic carbocycles. The Bertz CT molecular complexity index is 717. The minimum atomic E-state index is -0.470. The minimum Gasteiger partial charge on any atom is -0.494 e. The van der Waals surface area contributed by atoms with Crippen molar-refractivity contribution in [3.8, 4) is 11.5 Å². The molecule has 26 heavy (non-hydrogen) atoms. The molecular formula is C21H24O5. The zero-order valence-corrected chi connectivity index (χ0v) is 15.4. The second kappa shape index (κ2) is 9.61. The number of ether oxygens (including phenoxy) is 3. The molecule has 0 amide bonds. The second-order valence-electron chi connectivity index (χ2n) is 6.28. The van der Waals surface area contributed by atoms with E-state index in [0.29, 0.717) is 35.8 Å². The van der Waals surface area contributed by atoms with Gasteiger partial charge in [-0.25, -0.2) is 9.59 Å². The highest BCUT2D eigenvalue weighted by Crippen LogP contribution is 2.17. The summed E-state index contributed by atoms with van der Waals surface area (Å²) >= 11 is 0. The first-order valence-electron chi connectivity index (χ1n) is 8.71. The smallest absolute Gasteiger partial charge is 0.343 e. The van der Waals surface area contributed by atoms with Gasteiger partial charge in [-0.05, 0) is 60.9 Å². The van der Waals surface area contributed by atoms with Crippen LogP contribution >= 0.6 is 0 Å². The average Bonchev–Trinajstić information content (AvgIpc) is 2.65. The van der Waals surface area contributed by atoms with Crippen molar-refractivity contribution >= 4 is 11.9 Å². The van der Waals surface area contributed by atoms with Gasteiger partial charge >= 0.3 is 11.9 Å². The highest BCUT2D eigenvalue weighted by atomic mass is 16.5. The lowest BCUT2D eigenvalue weighted by atomic mass is 10.2. The summed E-state index contributed by atoms with van der Waals surface area (Å²) in [5.41, 5.74) is 0.845. The molecule has 0 fully saturated rings. The molecule has 2 aromatic rings. The number of carbonyl (C=O) groups is 2. The molecule has 0 aliphatic rings. The molecular weight excluding hydrogens is 332 g/mol. The lowest BCUT2D eigenvalue weighted by molar-refractivity contribution is 0.0459. The molecule has 0 heterocycles. The van der Waals surface area contributed by atoms with E-state index in [2.05, 4.69) is 0 Å². The molecule has 0 saturated heterocycles. The van der Waals surface area contributed by atoms with Gasteiger partial charge in [0.25, 0.3) is 0 Å². The Hall–Kier alpha value is -2.82. The summed E-state index contributed by atoms with van der Waals surface area (Å²) in [7, 11) is 0. The van der Waals surface area contributed by atoms with E-state index >= 15 is 0 Å². The van der Waals surface area contributed by atoms with Crippen LogP contribution in [0, 0.1) is 5.92 Å². The van der Waals surface area contributed by atoms with E-state index in [0.717, 1.165) is 6.42 Å². The molecule has 138 valence electrons. The first-order valence-corrected chi connectivity index (χ1v) is 8.71. The Balaban J connectivity index is 1.93. The van der Waals surface area contributed by atoms with Crippen LogP contribution in [0.4, 0.5) is 0 Å². The highest BCUT2D eigenvalue weighted by molar-refractivity contribution is 5.92. The summed E-state index contributed by atoms with van der Waals surface area (Å²) in [5, 5.41) is 0. The predicted molar refractivity (Wildman–Crippen MR) is 98.7 cm³/mol. The lowest BCUT2D eigenvalue weighted by Gasteiger charge is -2.08. The van der Waals surface area contributed by atoms with Gasteiger partial charge in [0.15, 0.2) is 0 Å². The third kappa shape index (κ3) is 5.92. The fourth-order valence-corrected chi connectivity index (χ4v) is 2.06. The Morgan fingerprint density at radius 3 is 1.92 bits per heavy atom. The Labute approximate surface area is 153 Å². The molecule has 0 spiro atoms.